The van der Waals surface area contributed by atoms with Gasteiger partial charge in [0.15, 0.2) is 0 Å². The Morgan fingerprint density at radius 2 is 2.00 bits per heavy atom. The lowest BCUT2D eigenvalue weighted by Gasteiger charge is -2.14. The Morgan fingerprint density at radius 1 is 1.33 bits per heavy atom. The maximum Gasteiger partial charge on any atom is 0.232 e. The van der Waals surface area contributed by atoms with E-state index in [0.717, 1.165) is 5.56 Å². The monoisotopic (exact) mass is 313 g/mol. The van der Waals surface area contributed by atoms with Crippen molar-refractivity contribution in [3.05, 3.63) is 23.8 Å². The van der Waals surface area contributed by atoms with Gasteiger partial charge in [-0.05, 0) is 44.7 Å². The van der Waals surface area contributed by atoms with Crippen LogP contribution in [0, 0.1) is 12.8 Å². The van der Waals surface area contributed by atoms with E-state index >= 15 is 0 Å². The largest absolute Gasteiger partial charge is 0.326 e. The third-order valence-corrected chi connectivity index (χ3v) is 4.39. The number of hydrogen-bond donors (Lipinski definition) is 3. The van der Waals surface area contributed by atoms with Crippen LogP contribution in [0.15, 0.2) is 18.2 Å². The zero-order chi connectivity index (χ0) is 16.0. The van der Waals surface area contributed by atoms with Crippen LogP contribution in [0.1, 0.15) is 19.4 Å². The predicted octanol–water partition coefficient (Wildman–Crippen LogP) is 1.55. The first-order valence-electron chi connectivity index (χ1n) is 6.85. The van der Waals surface area contributed by atoms with Crippen molar-refractivity contribution in [3.8, 4) is 0 Å². The van der Waals surface area contributed by atoms with Crippen molar-refractivity contribution in [3.63, 3.8) is 0 Å². The van der Waals surface area contributed by atoms with E-state index < -0.39 is 10.0 Å². The average Bonchev–Trinajstić information content (AvgIpc) is 2.42. The van der Waals surface area contributed by atoms with Crippen molar-refractivity contribution in [2.45, 2.75) is 20.8 Å². The van der Waals surface area contributed by atoms with Crippen LogP contribution in [0.2, 0.25) is 0 Å². The molecule has 1 aromatic carbocycles. The van der Waals surface area contributed by atoms with E-state index in [1.165, 1.54) is 0 Å². The smallest absolute Gasteiger partial charge is 0.232 e. The molecular formula is C14H23N3O3S. The summed E-state index contributed by atoms with van der Waals surface area (Å²) in [5.41, 5.74) is 1.93. The van der Waals surface area contributed by atoms with E-state index in [9.17, 15) is 13.2 Å². The second-order valence-corrected chi connectivity index (χ2v) is 6.99. The summed E-state index contributed by atoms with van der Waals surface area (Å²) in [6.07, 6.45) is 0. The first-order chi connectivity index (χ1) is 9.79. The van der Waals surface area contributed by atoms with Gasteiger partial charge in [0.05, 0.1) is 11.4 Å². The van der Waals surface area contributed by atoms with Gasteiger partial charge >= 0.3 is 0 Å². The zero-order valence-electron chi connectivity index (χ0n) is 12.9. The number of hydrogen-bond acceptors (Lipinski definition) is 4. The molecule has 0 fully saturated rings. The molecule has 1 atom stereocenters. The topological polar surface area (TPSA) is 87.3 Å². The standard InChI is InChI=1S/C14H23N3O3S/c1-5-21(19,20)17-13-7-6-12(8-10(13)2)16-14(18)11(3)9-15-4/h6-8,11,15,17H,5,9H2,1-4H3,(H,16,18). The van der Waals surface area contributed by atoms with Crippen LogP contribution in [0.25, 0.3) is 0 Å². The maximum absolute atomic E-state index is 11.9. The molecule has 0 aliphatic carbocycles. The highest BCUT2D eigenvalue weighted by molar-refractivity contribution is 7.92. The van der Waals surface area contributed by atoms with Gasteiger partial charge in [-0.2, -0.15) is 0 Å². The van der Waals surface area contributed by atoms with E-state index in [1.54, 1.807) is 39.1 Å². The third-order valence-electron chi connectivity index (χ3n) is 3.10. The number of aryl methyl sites for hydroxylation is 1. The summed E-state index contributed by atoms with van der Waals surface area (Å²) in [7, 11) is -1.50. The molecule has 3 N–H and O–H groups in total. The molecule has 0 spiro atoms. The van der Waals surface area contributed by atoms with Crippen LogP contribution in [0.5, 0.6) is 0 Å². The second kappa shape index (κ2) is 7.42. The predicted molar refractivity (Wildman–Crippen MR) is 86.0 cm³/mol. The first kappa shape index (κ1) is 17.5. The van der Waals surface area contributed by atoms with Crippen LogP contribution in [-0.2, 0) is 14.8 Å². The van der Waals surface area contributed by atoms with E-state index in [0.29, 0.717) is 17.9 Å². The molecule has 21 heavy (non-hydrogen) atoms. The molecule has 0 bridgehead atoms. The van der Waals surface area contributed by atoms with Crippen molar-refractivity contribution in [1.29, 1.82) is 0 Å². The third kappa shape index (κ3) is 5.35. The molecule has 0 aliphatic heterocycles. The van der Waals surface area contributed by atoms with Crippen molar-refractivity contribution >= 4 is 27.3 Å². The van der Waals surface area contributed by atoms with Gasteiger partial charge in [0, 0.05) is 18.2 Å². The SMILES string of the molecule is CCS(=O)(=O)Nc1ccc(NC(=O)C(C)CNC)cc1C. The molecule has 1 aromatic rings. The van der Waals surface area contributed by atoms with Gasteiger partial charge < -0.3 is 10.6 Å². The molecule has 6 nitrogen and oxygen atoms in total. The Balaban J connectivity index is 2.81. The van der Waals surface area contributed by atoms with Crippen LogP contribution in [-0.4, -0.2) is 33.7 Å². The second-order valence-electron chi connectivity index (χ2n) is 4.98. The summed E-state index contributed by atoms with van der Waals surface area (Å²) in [5, 5.41) is 5.76. The van der Waals surface area contributed by atoms with Gasteiger partial charge in [0.1, 0.15) is 0 Å². The molecule has 0 aliphatic rings. The molecule has 118 valence electrons. The lowest BCUT2D eigenvalue weighted by Crippen LogP contribution is -2.28. The molecule has 1 unspecified atom stereocenters. The van der Waals surface area contributed by atoms with Gasteiger partial charge in [-0.25, -0.2) is 8.42 Å². The fourth-order valence-electron chi connectivity index (χ4n) is 1.76. The minimum absolute atomic E-state index is 0.0203. The van der Waals surface area contributed by atoms with Crippen LogP contribution in [0.4, 0.5) is 11.4 Å². The summed E-state index contributed by atoms with van der Waals surface area (Å²) in [6.45, 7) is 5.80. The Kier molecular flexibility index (Phi) is 6.17. The minimum atomic E-state index is -3.30. The van der Waals surface area contributed by atoms with Crippen molar-refractivity contribution in [1.82, 2.24) is 5.32 Å². The number of anilines is 2. The number of nitrogens with one attached hydrogen (secondary N) is 3. The van der Waals surface area contributed by atoms with Crippen LogP contribution < -0.4 is 15.4 Å². The quantitative estimate of drug-likeness (QED) is 0.713. The minimum Gasteiger partial charge on any atom is -0.326 e. The van der Waals surface area contributed by atoms with Crippen molar-refractivity contribution in [2.75, 3.05) is 29.4 Å². The van der Waals surface area contributed by atoms with Crippen molar-refractivity contribution < 1.29 is 13.2 Å². The van der Waals surface area contributed by atoms with Crippen molar-refractivity contribution in [2.24, 2.45) is 5.92 Å². The van der Waals surface area contributed by atoms with E-state index in [-0.39, 0.29) is 17.6 Å². The fourth-order valence-corrected chi connectivity index (χ4v) is 2.47. The van der Waals surface area contributed by atoms with Gasteiger partial charge in [-0.3, -0.25) is 9.52 Å². The number of rotatable bonds is 7. The number of sulfonamides is 1. The first-order valence-corrected chi connectivity index (χ1v) is 8.51. The maximum atomic E-state index is 11.9. The lowest BCUT2D eigenvalue weighted by molar-refractivity contribution is -0.119. The summed E-state index contributed by atoms with van der Waals surface area (Å²) >= 11 is 0. The number of benzene rings is 1. The normalized spacial score (nSPS) is 12.8. The molecule has 0 saturated heterocycles. The van der Waals surface area contributed by atoms with E-state index in [1.807, 2.05) is 6.92 Å². The highest BCUT2D eigenvalue weighted by Gasteiger charge is 2.13. The Hall–Kier alpha value is -1.60. The Morgan fingerprint density at radius 3 is 2.52 bits per heavy atom. The highest BCUT2D eigenvalue weighted by atomic mass is 32.2. The van der Waals surface area contributed by atoms with Gasteiger partial charge in [0.25, 0.3) is 0 Å². The number of carbonyl (C=O) groups excluding carboxylic acids is 1. The van der Waals surface area contributed by atoms with E-state index in [4.69, 9.17) is 0 Å². The fraction of sp³-hybridized carbons (Fsp3) is 0.500. The molecule has 0 heterocycles. The van der Waals surface area contributed by atoms with E-state index in [2.05, 4.69) is 15.4 Å². The summed E-state index contributed by atoms with van der Waals surface area (Å²) in [4.78, 5) is 11.9. The van der Waals surface area contributed by atoms with Crippen LogP contribution in [0.3, 0.4) is 0 Å². The molecule has 0 aromatic heterocycles. The lowest BCUT2D eigenvalue weighted by atomic mass is 10.1. The molecule has 1 amide bonds. The average molecular weight is 313 g/mol. The van der Waals surface area contributed by atoms with Gasteiger partial charge in [0.2, 0.25) is 15.9 Å². The molecule has 7 heteroatoms. The molecule has 1 rings (SSSR count). The number of carbonyl (C=O) groups is 1. The molecule has 0 radical (unpaired) electrons. The number of amides is 1. The highest BCUT2D eigenvalue weighted by Crippen LogP contribution is 2.21. The molecular weight excluding hydrogens is 290 g/mol. The van der Waals surface area contributed by atoms with Crippen LogP contribution >= 0.6 is 0 Å². The van der Waals surface area contributed by atoms with Gasteiger partial charge in [-0.15, -0.1) is 0 Å². The summed E-state index contributed by atoms with van der Waals surface area (Å²) in [5.74, 6) is -0.203. The van der Waals surface area contributed by atoms with Gasteiger partial charge in [-0.1, -0.05) is 6.92 Å². The Bertz CT molecular complexity index is 599. The summed E-state index contributed by atoms with van der Waals surface area (Å²) in [6, 6.07) is 5.09. The molecule has 0 saturated carbocycles. The Labute approximate surface area is 126 Å². The zero-order valence-corrected chi connectivity index (χ0v) is 13.7. The summed E-state index contributed by atoms with van der Waals surface area (Å²) < 4.78 is 25.6.